The number of nitrogens with zero attached hydrogens (tertiary/aromatic N) is 2. The number of fused-ring (bicyclic) bond motifs is 2. The molecule has 3 atom stereocenters. The molecule has 9 nitrogen and oxygen atoms in total. The van der Waals surface area contributed by atoms with E-state index in [0.717, 1.165) is 27.6 Å². The lowest BCUT2D eigenvalue weighted by atomic mass is 9.82. The Morgan fingerprint density at radius 1 is 1.00 bits per heavy atom. The number of halogens is 1. The first-order valence-corrected chi connectivity index (χ1v) is 15.0. The maximum Gasteiger partial charge on any atom is 0.308 e. The van der Waals surface area contributed by atoms with Crippen molar-refractivity contribution >= 4 is 68.1 Å². The molecule has 12 heteroatoms. The molecule has 1 aromatic heterocycles. The lowest BCUT2D eigenvalue weighted by Gasteiger charge is -2.31. The van der Waals surface area contributed by atoms with Gasteiger partial charge >= 0.3 is 4.87 Å². The van der Waals surface area contributed by atoms with Gasteiger partial charge in [-0.1, -0.05) is 57.2 Å². The number of anilines is 2. The summed E-state index contributed by atoms with van der Waals surface area (Å²) in [6.07, 6.45) is 0. The summed E-state index contributed by atoms with van der Waals surface area (Å²) < 4.78 is 7.29. The van der Waals surface area contributed by atoms with Gasteiger partial charge in [0.05, 0.1) is 23.7 Å². The van der Waals surface area contributed by atoms with Gasteiger partial charge in [0.1, 0.15) is 23.3 Å². The molecule has 3 heterocycles. The molecule has 3 amide bonds. The molecular formula is C29H22BrN3O6S2. The van der Waals surface area contributed by atoms with Crippen molar-refractivity contribution in [3.63, 3.8) is 0 Å². The Hall–Kier alpha value is -3.87. The Kier molecular flexibility index (Phi) is 7.22. The summed E-state index contributed by atoms with van der Waals surface area (Å²) in [7, 11) is 1.55. The number of ether oxygens (including phenoxy) is 1. The first kappa shape index (κ1) is 27.3. The minimum Gasteiger partial charge on any atom is -0.508 e. The average Bonchev–Trinajstić information content (AvgIpc) is 3.40. The molecule has 0 aliphatic carbocycles. The number of para-hydroxylation sites is 1. The third-order valence-electron chi connectivity index (χ3n) is 7.08. The summed E-state index contributed by atoms with van der Waals surface area (Å²) in [6.45, 7) is -0.285. The van der Waals surface area contributed by atoms with Gasteiger partial charge in [-0.25, -0.2) is 4.90 Å². The summed E-state index contributed by atoms with van der Waals surface area (Å²) in [5, 5.41) is 13.2. The van der Waals surface area contributed by atoms with Crippen LogP contribution in [0.1, 0.15) is 16.4 Å². The number of carbonyl (C=O) groups excluding carboxylic acids is 3. The molecule has 41 heavy (non-hydrogen) atoms. The number of imide groups is 1. The Bertz CT molecular complexity index is 1730. The van der Waals surface area contributed by atoms with Crippen LogP contribution in [0.25, 0.3) is 0 Å². The predicted molar refractivity (Wildman–Crippen MR) is 160 cm³/mol. The predicted octanol–water partition coefficient (Wildman–Crippen LogP) is 4.82. The van der Waals surface area contributed by atoms with E-state index in [0.29, 0.717) is 32.6 Å². The number of phenolic OH excluding ortho intramolecular Hbond substituents is 1. The van der Waals surface area contributed by atoms with E-state index < -0.39 is 39.7 Å². The van der Waals surface area contributed by atoms with Crippen LogP contribution in [0.5, 0.6) is 11.5 Å². The fourth-order valence-electron chi connectivity index (χ4n) is 5.20. The number of thioether (sulfide) groups is 1. The molecular weight excluding hydrogens is 630 g/mol. The van der Waals surface area contributed by atoms with Crippen LogP contribution >= 0.6 is 39.0 Å². The Balaban J connectivity index is 1.39. The molecule has 4 aromatic rings. The van der Waals surface area contributed by atoms with E-state index in [9.17, 15) is 24.3 Å². The van der Waals surface area contributed by atoms with Gasteiger partial charge in [-0.15, -0.1) is 0 Å². The molecule has 0 bridgehead atoms. The molecule has 2 N–H and O–H groups in total. The highest BCUT2D eigenvalue weighted by Crippen LogP contribution is 2.55. The van der Waals surface area contributed by atoms with Crippen molar-refractivity contribution in [2.75, 3.05) is 17.3 Å². The van der Waals surface area contributed by atoms with E-state index in [1.54, 1.807) is 73.8 Å². The molecule has 2 aliphatic heterocycles. The van der Waals surface area contributed by atoms with Gasteiger partial charge in [-0.05, 0) is 54.6 Å². The monoisotopic (exact) mass is 651 g/mol. The van der Waals surface area contributed by atoms with Crippen molar-refractivity contribution in [2.45, 2.75) is 22.7 Å². The van der Waals surface area contributed by atoms with Crippen LogP contribution in [-0.2, 0) is 20.9 Å². The van der Waals surface area contributed by atoms with Crippen LogP contribution in [0, 0.1) is 5.92 Å². The van der Waals surface area contributed by atoms with Crippen molar-refractivity contribution in [3.8, 4) is 11.5 Å². The number of rotatable bonds is 6. The molecule has 6 rings (SSSR count). The number of phenols is 1. The number of hydrogen-bond donors (Lipinski definition) is 2. The first-order chi connectivity index (χ1) is 19.8. The van der Waals surface area contributed by atoms with Gasteiger partial charge < -0.3 is 15.2 Å². The van der Waals surface area contributed by atoms with Gasteiger partial charge in [0.2, 0.25) is 17.7 Å². The van der Waals surface area contributed by atoms with Crippen molar-refractivity contribution in [3.05, 3.63) is 97.4 Å². The molecule has 0 saturated carbocycles. The zero-order valence-corrected chi connectivity index (χ0v) is 24.7. The lowest BCUT2D eigenvalue weighted by molar-refractivity contribution is -0.122. The number of benzene rings is 3. The lowest BCUT2D eigenvalue weighted by Crippen LogP contribution is -2.33. The second-order valence-corrected chi connectivity index (χ2v) is 12.5. The summed E-state index contributed by atoms with van der Waals surface area (Å²) in [5.74, 6) is -2.24. The van der Waals surface area contributed by atoms with Crippen LogP contribution in [0.2, 0.25) is 0 Å². The largest absolute Gasteiger partial charge is 0.508 e. The standard InChI is InChI=1S/C29H22BrN3O6S2/c1-39-18-12-8-16(9-13-18)31-21(35)14-32-28-25(41-29(32)38)22(19-4-2-3-5-20(19)34)23-24(40-28)27(37)33(26(23)36)17-10-6-15(30)7-11-17/h2-13,22-24,34H,14H2,1H3,(H,31,35)/t22-,23+,24-/m0/s1. The number of carbonyl (C=O) groups is 3. The molecule has 3 aromatic carbocycles. The van der Waals surface area contributed by atoms with E-state index in [1.807, 2.05) is 0 Å². The maximum atomic E-state index is 13.9. The third kappa shape index (κ3) is 4.85. The van der Waals surface area contributed by atoms with E-state index in [1.165, 1.54) is 15.5 Å². The van der Waals surface area contributed by atoms with Crippen LogP contribution < -0.4 is 19.8 Å². The average molecular weight is 653 g/mol. The number of aromatic nitrogens is 1. The first-order valence-electron chi connectivity index (χ1n) is 12.5. The molecule has 1 fully saturated rings. The van der Waals surface area contributed by atoms with Crippen molar-refractivity contribution in [1.29, 1.82) is 0 Å². The molecule has 0 unspecified atom stereocenters. The topological polar surface area (TPSA) is 118 Å². The molecule has 0 radical (unpaired) electrons. The SMILES string of the molecule is COc1ccc(NC(=O)Cn2c3c(sc2=O)[C@@H](c2ccccc2O)[C@H]2C(=O)N(c4ccc(Br)cc4)C(=O)[C@H]2S3)cc1. The van der Waals surface area contributed by atoms with Gasteiger partial charge in [0.25, 0.3) is 0 Å². The summed E-state index contributed by atoms with van der Waals surface area (Å²) in [5.41, 5.74) is 1.42. The number of hydrogen-bond acceptors (Lipinski definition) is 8. The normalized spacial score (nSPS) is 19.6. The Morgan fingerprint density at radius 3 is 2.39 bits per heavy atom. The zero-order valence-electron chi connectivity index (χ0n) is 21.4. The Morgan fingerprint density at radius 2 is 1.71 bits per heavy atom. The highest BCUT2D eigenvalue weighted by molar-refractivity contribution is 9.10. The minimum atomic E-state index is -0.854. The molecule has 208 valence electrons. The minimum absolute atomic E-state index is 0.0407. The molecule has 2 aliphatic rings. The van der Waals surface area contributed by atoms with E-state index >= 15 is 0 Å². The van der Waals surface area contributed by atoms with Crippen LogP contribution in [0.4, 0.5) is 11.4 Å². The second kappa shape index (κ2) is 10.8. The van der Waals surface area contributed by atoms with E-state index in [2.05, 4.69) is 21.2 Å². The van der Waals surface area contributed by atoms with Crippen molar-refractivity contribution in [2.24, 2.45) is 5.92 Å². The third-order valence-corrected chi connectivity index (χ3v) is 10.2. The van der Waals surface area contributed by atoms with Crippen LogP contribution in [-0.4, -0.2) is 39.8 Å². The molecule has 0 spiro atoms. The second-order valence-electron chi connectivity index (χ2n) is 9.49. The van der Waals surface area contributed by atoms with Crippen molar-refractivity contribution in [1.82, 2.24) is 4.57 Å². The highest BCUT2D eigenvalue weighted by Gasteiger charge is 2.57. The number of methoxy groups -OCH3 is 1. The van der Waals surface area contributed by atoms with Gasteiger partial charge in [0.15, 0.2) is 0 Å². The quantitative estimate of drug-likeness (QED) is 0.287. The van der Waals surface area contributed by atoms with E-state index in [4.69, 9.17) is 4.74 Å². The maximum absolute atomic E-state index is 13.9. The summed E-state index contributed by atoms with van der Waals surface area (Å²) >= 11 is 5.42. The van der Waals surface area contributed by atoms with Gasteiger partial charge in [0, 0.05) is 26.5 Å². The number of thiazole rings is 1. The highest BCUT2D eigenvalue weighted by atomic mass is 79.9. The van der Waals surface area contributed by atoms with Gasteiger partial charge in [-0.3, -0.25) is 23.7 Å². The zero-order chi connectivity index (χ0) is 28.8. The Labute approximate surface area is 250 Å². The van der Waals surface area contributed by atoms with Crippen molar-refractivity contribution < 1.29 is 24.2 Å². The van der Waals surface area contributed by atoms with Crippen LogP contribution in [0.3, 0.4) is 0 Å². The van der Waals surface area contributed by atoms with E-state index in [-0.39, 0.29) is 12.3 Å². The number of aromatic hydroxyl groups is 1. The fourth-order valence-corrected chi connectivity index (χ4v) is 8.23. The number of amides is 3. The smallest absolute Gasteiger partial charge is 0.308 e. The van der Waals surface area contributed by atoms with Gasteiger partial charge in [-0.2, -0.15) is 0 Å². The van der Waals surface area contributed by atoms with Crippen LogP contribution in [0.15, 0.2) is 87.1 Å². The summed E-state index contributed by atoms with van der Waals surface area (Å²) in [4.78, 5) is 55.3. The molecule has 1 saturated heterocycles. The summed E-state index contributed by atoms with van der Waals surface area (Å²) in [6, 6.07) is 20.3. The fraction of sp³-hybridized carbons (Fsp3) is 0.172. The number of nitrogens with one attached hydrogen (secondary N) is 1.